The van der Waals surface area contributed by atoms with Gasteiger partial charge in [-0.3, -0.25) is 0 Å². The largest absolute Gasteiger partial charge is 0.633 e. The van der Waals surface area contributed by atoms with Crippen LogP contribution in [0.3, 0.4) is 0 Å². The summed E-state index contributed by atoms with van der Waals surface area (Å²) in [6.45, 7) is 4.16. The van der Waals surface area contributed by atoms with E-state index in [0.29, 0.717) is 19.3 Å². The van der Waals surface area contributed by atoms with Crippen LogP contribution in [0.2, 0.25) is 0 Å². The van der Waals surface area contributed by atoms with Gasteiger partial charge in [-0.05, 0) is 112 Å². The second-order valence-corrected chi connectivity index (χ2v) is 15.6. The summed E-state index contributed by atoms with van der Waals surface area (Å²) in [4.78, 5) is 0. The van der Waals surface area contributed by atoms with E-state index in [4.69, 9.17) is 0 Å². The predicted molar refractivity (Wildman–Crippen MR) is 164 cm³/mol. The second kappa shape index (κ2) is 14.0. The van der Waals surface area contributed by atoms with Gasteiger partial charge in [-0.2, -0.15) is 39.5 Å². The van der Waals surface area contributed by atoms with Crippen LogP contribution in [0.5, 0.6) is 5.75 Å². The molecule has 0 radical (unpaired) electrons. The standard InChI is InChI=1S/C35H49F10NO3/c1-30-21-27(36)29-25-13-12-24(47)20-23(25)19-22(28(29)26(30)14-16-31(30,2)48)11-7-6-10-18-46(3,49)17-9-5-4-8-15-32(37,38)33(39,40)34(41,42)35(43,44)45/h12-13,20,22,26-29,47-48H,4-11,14-19,21H2,1-3H3. The molecule has 0 spiro atoms. The fourth-order valence-corrected chi connectivity index (χ4v) is 9.14. The number of benzene rings is 1. The first-order valence-electron chi connectivity index (χ1n) is 17.3. The molecule has 2 N–H and O–H groups in total. The number of hydrogen-bond acceptors (Lipinski definition) is 3. The highest BCUT2D eigenvalue weighted by Crippen LogP contribution is 2.66. The highest BCUT2D eigenvalue weighted by molar-refractivity contribution is 5.41. The molecule has 0 bridgehead atoms. The average Bonchev–Trinajstić information content (AvgIpc) is 3.21. The Morgan fingerprint density at radius 2 is 1.47 bits per heavy atom. The van der Waals surface area contributed by atoms with E-state index in [1.54, 1.807) is 12.1 Å². The van der Waals surface area contributed by atoms with Crippen molar-refractivity contribution in [1.29, 1.82) is 0 Å². The molecule has 4 nitrogen and oxygen atoms in total. The van der Waals surface area contributed by atoms with Crippen LogP contribution in [0.15, 0.2) is 18.2 Å². The lowest BCUT2D eigenvalue weighted by Crippen LogP contribution is -2.60. The molecule has 8 unspecified atom stereocenters. The fraction of sp³-hybridized carbons (Fsp3) is 0.829. The van der Waals surface area contributed by atoms with E-state index >= 15 is 4.39 Å². The summed E-state index contributed by atoms with van der Waals surface area (Å²) in [5, 5.41) is 34.4. The lowest BCUT2D eigenvalue weighted by molar-refractivity contribution is -0.861. The van der Waals surface area contributed by atoms with Gasteiger partial charge in [0.25, 0.3) is 0 Å². The number of fused-ring (bicyclic) bond motifs is 5. The maximum absolute atomic E-state index is 16.1. The topological polar surface area (TPSA) is 63.5 Å². The first-order chi connectivity index (χ1) is 22.4. The molecule has 2 saturated carbocycles. The van der Waals surface area contributed by atoms with Crippen molar-refractivity contribution in [3.8, 4) is 5.75 Å². The van der Waals surface area contributed by atoms with Crippen molar-refractivity contribution in [3.05, 3.63) is 34.5 Å². The van der Waals surface area contributed by atoms with Crippen LogP contribution < -0.4 is 0 Å². The van der Waals surface area contributed by atoms with Crippen molar-refractivity contribution >= 4 is 0 Å². The Balaban J connectivity index is 1.23. The Morgan fingerprint density at radius 1 is 0.878 bits per heavy atom. The van der Waals surface area contributed by atoms with Crippen LogP contribution in [0.1, 0.15) is 108 Å². The number of halogens is 10. The van der Waals surface area contributed by atoms with Gasteiger partial charge in [-0.15, -0.1) is 0 Å². The minimum Gasteiger partial charge on any atom is -0.633 e. The molecule has 14 heteroatoms. The maximum Gasteiger partial charge on any atom is 0.460 e. The number of unbranched alkanes of at least 4 members (excludes halogenated alkanes) is 5. The number of phenolic OH excluding ortho intramolecular Hbond substituents is 1. The summed E-state index contributed by atoms with van der Waals surface area (Å²) >= 11 is 0. The highest BCUT2D eigenvalue weighted by atomic mass is 19.4. The van der Waals surface area contributed by atoms with Gasteiger partial charge in [-0.1, -0.05) is 25.8 Å². The van der Waals surface area contributed by atoms with Crippen LogP contribution in [0.25, 0.3) is 0 Å². The number of phenols is 1. The molecule has 282 valence electrons. The van der Waals surface area contributed by atoms with Crippen LogP contribution in [0, 0.1) is 28.4 Å². The molecule has 8 atom stereocenters. The summed E-state index contributed by atoms with van der Waals surface area (Å²) in [5.41, 5.74) is 0.379. The fourth-order valence-electron chi connectivity index (χ4n) is 9.14. The Kier molecular flexibility index (Phi) is 11.4. The normalized spacial score (nSPS) is 31.9. The molecule has 4 rings (SSSR count). The van der Waals surface area contributed by atoms with E-state index in [1.165, 1.54) is 7.05 Å². The number of aliphatic hydroxyl groups is 1. The molecule has 1 aromatic carbocycles. The van der Waals surface area contributed by atoms with Crippen molar-refractivity contribution in [1.82, 2.24) is 0 Å². The van der Waals surface area contributed by atoms with E-state index in [9.17, 15) is 54.9 Å². The molecule has 1 aromatic rings. The molecular weight excluding hydrogens is 672 g/mol. The van der Waals surface area contributed by atoms with Gasteiger partial charge < -0.3 is 20.1 Å². The number of rotatable bonds is 15. The first-order valence-corrected chi connectivity index (χ1v) is 17.3. The molecule has 0 aromatic heterocycles. The smallest absolute Gasteiger partial charge is 0.460 e. The van der Waals surface area contributed by atoms with Crippen molar-refractivity contribution in [2.45, 2.75) is 139 Å². The van der Waals surface area contributed by atoms with E-state index < -0.39 is 58.6 Å². The molecule has 0 saturated heterocycles. The SMILES string of the molecule is CC1(O)CCC2C3C(CCCCC[N+](C)([O-])CCCCCCC(F)(F)C(F)(F)C(F)(F)C(F)(F)F)Cc4cc(O)ccc4C3C(F)CC21C. The van der Waals surface area contributed by atoms with Crippen molar-refractivity contribution in [2.75, 3.05) is 20.1 Å². The lowest BCUT2D eigenvalue weighted by Gasteiger charge is -2.56. The number of hydroxylamine groups is 3. The number of hydrogen-bond donors (Lipinski definition) is 2. The Labute approximate surface area is 281 Å². The van der Waals surface area contributed by atoms with E-state index in [0.717, 1.165) is 36.8 Å². The molecule has 0 aliphatic heterocycles. The van der Waals surface area contributed by atoms with E-state index in [1.807, 2.05) is 19.9 Å². The number of alkyl halides is 10. The lowest BCUT2D eigenvalue weighted by atomic mass is 9.50. The first kappa shape index (κ1) is 40.0. The summed E-state index contributed by atoms with van der Waals surface area (Å²) in [5.74, 6) is -18.9. The Hall–Kier alpha value is -1.80. The minimum atomic E-state index is -6.88. The molecule has 2 fully saturated rings. The van der Waals surface area contributed by atoms with E-state index in [2.05, 4.69) is 0 Å². The molecular formula is C35H49F10NO3. The molecule has 3 aliphatic rings. The number of aromatic hydroxyl groups is 1. The molecule has 3 aliphatic carbocycles. The zero-order valence-corrected chi connectivity index (χ0v) is 28.3. The Morgan fingerprint density at radius 3 is 2.08 bits per heavy atom. The summed E-state index contributed by atoms with van der Waals surface area (Å²) in [6.07, 6.45) is -5.04. The summed E-state index contributed by atoms with van der Waals surface area (Å²) < 4.78 is 133. The third-order valence-electron chi connectivity index (χ3n) is 12.2. The van der Waals surface area contributed by atoms with Crippen molar-refractivity contribution in [2.24, 2.45) is 23.2 Å². The third kappa shape index (κ3) is 7.71. The van der Waals surface area contributed by atoms with Crippen LogP contribution in [-0.2, 0) is 6.42 Å². The van der Waals surface area contributed by atoms with Crippen molar-refractivity contribution < 1.29 is 58.8 Å². The average molecular weight is 722 g/mol. The van der Waals surface area contributed by atoms with Crippen molar-refractivity contribution in [3.63, 3.8) is 0 Å². The van der Waals surface area contributed by atoms with Gasteiger partial charge in [-0.25, -0.2) is 4.39 Å². The van der Waals surface area contributed by atoms with Crippen LogP contribution in [-0.4, -0.2) is 70.7 Å². The molecule has 0 amide bonds. The van der Waals surface area contributed by atoms with Gasteiger partial charge in [0.2, 0.25) is 0 Å². The molecule has 0 heterocycles. The van der Waals surface area contributed by atoms with Gasteiger partial charge in [0.1, 0.15) is 11.9 Å². The number of quaternary nitrogens is 1. The molecule has 49 heavy (non-hydrogen) atoms. The quantitative estimate of drug-likeness (QED) is 0.0821. The van der Waals surface area contributed by atoms with Gasteiger partial charge in [0.15, 0.2) is 0 Å². The minimum absolute atomic E-state index is 0.0348. The van der Waals surface area contributed by atoms with Gasteiger partial charge >= 0.3 is 23.9 Å². The van der Waals surface area contributed by atoms with Crippen LogP contribution in [0.4, 0.5) is 43.9 Å². The second-order valence-electron chi connectivity index (χ2n) is 15.6. The monoisotopic (exact) mass is 721 g/mol. The zero-order valence-electron chi connectivity index (χ0n) is 28.3. The van der Waals surface area contributed by atoms with Crippen LogP contribution >= 0.6 is 0 Å². The van der Waals surface area contributed by atoms with E-state index in [-0.39, 0.29) is 68.2 Å². The highest BCUT2D eigenvalue weighted by Gasteiger charge is 2.81. The summed E-state index contributed by atoms with van der Waals surface area (Å²) in [6, 6.07) is 5.16. The zero-order chi connectivity index (χ0) is 36.8. The summed E-state index contributed by atoms with van der Waals surface area (Å²) in [7, 11) is 1.44. The predicted octanol–water partition coefficient (Wildman–Crippen LogP) is 10.1. The Bertz CT molecular complexity index is 1290. The third-order valence-corrected chi connectivity index (χ3v) is 12.2. The van der Waals surface area contributed by atoms with Gasteiger partial charge in [0, 0.05) is 17.8 Å². The van der Waals surface area contributed by atoms with Gasteiger partial charge in [0.05, 0.1) is 25.7 Å². The maximum atomic E-state index is 16.1. The number of nitrogens with zero attached hydrogens (tertiary/aromatic N) is 1.